The molecule has 0 heterocycles. The van der Waals surface area contributed by atoms with E-state index in [9.17, 15) is 4.79 Å². The van der Waals surface area contributed by atoms with Crippen LogP contribution in [0.1, 0.15) is 47.5 Å². The molecular formula is C14H24O. The molecule has 1 fully saturated rings. The zero-order valence-electron chi connectivity index (χ0n) is 10.7. The zero-order valence-corrected chi connectivity index (χ0v) is 10.7. The van der Waals surface area contributed by atoms with Crippen LogP contribution in [0.25, 0.3) is 0 Å². The predicted molar refractivity (Wildman–Crippen MR) is 64.7 cm³/mol. The van der Waals surface area contributed by atoms with Gasteiger partial charge < -0.3 is 0 Å². The third-order valence-corrected chi connectivity index (χ3v) is 4.34. The average molecular weight is 208 g/mol. The van der Waals surface area contributed by atoms with Crippen molar-refractivity contribution in [3.05, 3.63) is 12.2 Å². The Balaban J connectivity index is 2.85. The monoisotopic (exact) mass is 208 g/mol. The first-order chi connectivity index (χ1) is 6.85. The molecule has 0 N–H and O–H groups in total. The van der Waals surface area contributed by atoms with Crippen LogP contribution in [0.2, 0.25) is 0 Å². The Morgan fingerprint density at radius 3 is 2.40 bits per heavy atom. The van der Waals surface area contributed by atoms with Crippen molar-refractivity contribution >= 4 is 5.78 Å². The van der Waals surface area contributed by atoms with Crippen LogP contribution in [-0.2, 0) is 4.79 Å². The fraction of sp³-hybridized carbons (Fsp3) is 0.786. The number of hydrogen-bond acceptors (Lipinski definition) is 1. The summed E-state index contributed by atoms with van der Waals surface area (Å²) in [5, 5.41) is 0. The third kappa shape index (κ3) is 2.70. The number of hydrogen-bond donors (Lipinski definition) is 0. The minimum atomic E-state index is 0.163. The summed E-state index contributed by atoms with van der Waals surface area (Å²) >= 11 is 0. The first-order valence-corrected chi connectivity index (χ1v) is 6.04. The summed E-state index contributed by atoms with van der Waals surface area (Å²) in [6.45, 7) is 10.9. The Morgan fingerprint density at radius 1 is 1.27 bits per heavy atom. The van der Waals surface area contributed by atoms with Gasteiger partial charge in [0.1, 0.15) is 0 Å². The molecule has 0 bridgehead atoms. The average Bonchev–Trinajstić information content (AvgIpc) is 2.11. The molecule has 1 aliphatic rings. The number of rotatable bonds is 2. The molecule has 1 nitrogen and oxygen atoms in total. The number of ketones is 1. The van der Waals surface area contributed by atoms with Gasteiger partial charge in [-0.3, -0.25) is 4.79 Å². The van der Waals surface area contributed by atoms with Gasteiger partial charge in [-0.05, 0) is 49.0 Å². The molecule has 86 valence electrons. The Morgan fingerprint density at radius 2 is 1.87 bits per heavy atom. The highest BCUT2D eigenvalue weighted by Crippen LogP contribution is 2.48. The van der Waals surface area contributed by atoms with Gasteiger partial charge in [-0.15, -0.1) is 0 Å². The molecule has 1 aliphatic carbocycles. The van der Waals surface area contributed by atoms with E-state index >= 15 is 0 Å². The first kappa shape index (κ1) is 12.5. The first-order valence-electron chi connectivity index (χ1n) is 6.04. The van der Waals surface area contributed by atoms with Gasteiger partial charge in [-0.25, -0.2) is 0 Å². The highest BCUT2D eigenvalue weighted by atomic mass is 16.1. The van der Waals surface area contributed by atoms with E-state index in [0.29, 0.717) is 17.3 Å². The molecule has 0 aromatic heterocycles. The molecule has 0 aromatic rings. The number of allylic oxidation sites excluding steroid dienone is 2. The van der Waals surface area contributed by atoms with Crippen molar-refractivity contribution in [2.24, 2.45) is 23.2 Å². The summed E-state index contributed by atoms with van der Waals surface area (Å²) in [6.07, 6.45) is 6.50. The summed E-state index contributed by atoms with van der Waals surface area (Å²) in [6, 6.07) is 0. The van der Waals surface area contributed by atoms with E-state index in [1.54, 1.807) is 13.0 Å². The molecular weight excluding hydrogens is 184 g/mol. The van der Waals surface area contributed by atoms with E-state index in [0.717, 1.165) is 5.92 Å². The van der Waals surface area contributed by atoms with E-state index < -0.39 is 0 Å². The maximum Gasteiger partial charge on any atom is 0.152 e. The van der Waals surface area contributed by atoms with Gasteiger partial charge in [0.25, 0.3) is 0 Å². The van der Waals surface area contributed by atoms with Gasteiger partial charge in [0, 0.05) is 0 Å². The summed E-state index contributed by atoms with van der Waals surface area (Å²) < 4.78 is 0. The van der Waals surface area contributed by atoms with Gasteiger partial charge >= 0.3 is 0 Å². The smallest absolute Gasteiger partial charge is 0.152 e. The Kier molecular flexibility index (Phi) is 3.75. The van der Waals surface area contributed by atoms with Crippen molar-refractivity contribution in [1.82, 2.24) is 0 Å². The van der Waals surface area contributed by atoms with Crippen molar-refractivity contribution < 1.29 is 4.79 Å². The molecule has 0 amide bonds. The fourth-order valence-electron chi connectivity index (χ4n) is 2.80. The molecule has 1 unspecified atom stereocenters. The Hall–Kier alpha value is -0.590. The largest absolute Gasteiger partial charge is 0.295 e. The Bertz CT molecular complexity index is 263. The van der Waals surface area contributed by atoms with Crippen LogP contribution in [-0.4, -0.2) is 5.78 Å². The maximum absolute atomic E-state index is 11.0. The molecule has 0 aromatic carbocycles. The highest BCUT2D eigenvalue weighted by Gasteiger charge is 2.39. The van der Waals surface area contributed by atoms with Crippen LogP contribution in [0, 0.1) is 23.2 Å². The zero-order chi connectivity index (χ0) is 11.6. The topological polar surface area (TPSA) is 17.1 Å². The maximum atomic E-state index is 11.0. The minimum Gasteiger partial charge on any atom is -0.295 e. The van der Waals surface area contributed by atoms with Crippen molar-refractivity contribution in [3.8, 4) is 0 Å². The summed E-state index contributed by atoms with van der Waals surface area (Å²) in [5.74, 6) is 2.16. The van der Waals surface area contributed by atoms with Crippen molar-refractivity contribution in [2.45, 2.75) is 47.5 Å². The van der Waals surface area contributed by atoms with Crippen molar-refractivity contribution in [2.75, 3.05) is 0 Å². The second-order valence-electron chi connectivity index (χ2n) is 5.77. The molecule has 1 rings (SSSR count). The van der Waals surface area contributed by atoms with E-state index in [1.165, 1.54) is 12.8 Å². The molecule has 15 heavy (non-hydrogen) atoms. The number of carbonyl (C=O) groups excluding carboxylic acids is 1. The van der Waals surface area contributed by atoms with Crippen LogP contribution in [0.3, 0.4) is 0 Å². The van der Waals surface area contributed by atoms with Crippen molar-refractivity contribution in [3.63, 3.8) is 0 Å². The third-order valence-electron chi connectivity index (χ3n) is 4.34. The molecule has 1 saturated carbocycles. The van der Waals surface area contributed by atoms with Crippen LogP contribution in [0.5, 0.6) is 0 Å². The fourth-order valence-corrected chi connectivity index (χ4v) is 2.80. The molecule has 0 radical (unpaired) electrons. The lowest BCUT2D eigenvalue weighted by molar-refractivity contribution is -0.112. The lowest BCUT2D eigenvalue weighted by Gasteiger charge is -2.46. The normalized spacial score (nSPS) is 35.7. The lowest BCUT2D eigenvalue weighted by Crippen LogP contribution is -2.38. The van der Waals surface area contributed by atoms with Crippen molar-refractivity contribution in [1.29, 1.82) is 0 Å². The van der Waals surface area contributed by atoms with Gasteiger partial charge in [0.05, 0.1) is 0 Å². The second-order valence-corrected chi connectivity index (χ2v) is 5.77. The molecule has 0 spiro atoms. The van der Waals surface area contributed by atoms with E-state index in [-0.39, 0.29) is 5.78 Å². The minimum absolute atomic E-state index is 0.163. The SMILES string of the molecule is CC(=O)/C=C/C1[C@H](C)CC[C@@H](C)C1(C)C. The number of carbonyl (C=O) groups is 1. The van der Waals surface area contributed by atoms with Crippen LogP contribution < -0.4 is 0 Å². The van der Waals surface area contributed by atoms with E-state index in [2.05, 4.69) is 33.8 Å². The van der Waals surface area contributed by atoms with E-state index in [1.807, 2.05) is 0 Å². The Labute approximate surface area is 93.9 Å². The molecule has 0 saturated heterocycles. The standard InChI is InChI=1S/C14H24O/c1-10-6-7-11(2)14(4,5)13(10)9-8-12(3)15/h8-11,13H,6-7H2,1-5H3/b9-8+/t10-,11-,13?/m1/s1. The molecule has 1 heteroatoms. The van der Waals surface area contributed by atoms with Crippen LogP contribution >= 0.6 is 0 Å². The molecule has 3 atom stereocenters. The summed E-state index contributed by atoms with van der Waals surface area (Å²) in [5.41, 5.74) is 0.323. The van der Waals surface area contributed by atoms with Crippen LogP contribution in [0.4, 0.5) is 0 Å². The van der Waals surface area contributed by atoms with Crippen LogP contribution in [0.15, 0.2) is 12.2 Å². The second kappa shape index (κ2) is 4.51. The highest BCUT2D eigenvalue weighted by molar-refractivity contribution is 5.87. The van der Waals surface area contributed by atoms with Gasteiger partial charge in [-0.1, -0.05) is 33.8 Å². The predicted octanol–water partition coefficient (Wildman–Crippen LogP) is 3.84. The van der Waals surface area contributed by atoms with Gasteiger partial charge in [-0.2, -0.15) is 0 Å². The lowest BCUT2D eigenvalue weighted by atomic mass is 9.59. The molecule has 0 aliphatic heterocycles. The van der Waals surface area contributed by atoms with E-state index in [4.69, 9.17) is 0 Å². The summed E-state index contributed by atoms with van der Waals surface area (Å²) in [7, 11) is 0. The quantitative estimate of drug-likeness (QED) is 0.630. The van der Waals surface area contributed by atoms with Gasteiger partial charge in [0.2, 0.25) is 0 Å². The summed E-state index contributed by atoms with van der Waals surface area (Å²) in [4.78, 5) is 11.0. The van der Waals surface area contributed by atoms with Gasteiger partial charge in [0.15, 0.2) is 5.78 Å².